The lowest BCUT2D eigenvalue weighted by Crippen LogP contribution is -2.39. The van der Waals surface area contributed by atoms with E-state index in [2.05, 4.69) is 20.8 Å². The third kappa shape index (κ3) is 6.44. The summed E-state index contributed by atoms with van der Waals surface area (Å²) < 4.78 is 13.6. The fourth-order valence-electron chi connectivity index (χ4n) is 4.06. The summed E-state index contributed by atoms with van der Waals surface area (Å²) in [6.07, 6.45) is 0.840. The number of thiazole rings is 1. The van der Waals surface area contributed by atoms with E-state index in [-0.39, 0.29) is 18.3 Å². The van der Waals surface area contributed by atoms with Crippen LogP contribution in [0, 0.1) is 0 Å². The quantitative estimate of drug-likeness (QED) is 0.231. The van der Waals surface area contributed by atoms with Gasteiger partial charge >= 0.3 is 0 Å². The number of aromatic nitrogens is 1. The van der Waals surface area contributed by atoms with Crippen LogP contribution < -0.4 is 9.64 Å². The predicted octanol–water partition coefficient (Wildman–Crippen LogP) is 6.64. The van der Waals surface area contributed by atoms with Crippen molar-refractivity contribution in [1.82, 2.24) is 9.88 Å². The fourth-order valence-corrected chi connectivity index (χ4v) is 5.60. The van der Waals surface area contributed by atoms with Gasteiger partial charge in [-0.15, -0.1) is 12.4 Å². The molecule has 1 fully saturated rings. The van der Waals surface area contributed by atoms with Crippen molar-refractivity contribution in [3.05, 3.63) is 82.8 Å². The molecule has 0 spiro atoms. The van der Waals surface area contributed by atoms with E-state index in [1.807, 2.05) is 72.8 Å². The highest BCUT2D eigenvalue weighted by atomic mass is 79.9. The van der Waals surface area contributed by atoms with Gasteiger partial charge in [-0.05, 0) is 48.9 Å². The van der Waals surface area contributed by atoms with Gasteiger partial charge in [-0.3, -0.25) is 14.6 Å². The van der Waals surface area contributed by atoms with Gasteiger partial charge in [-0.1, -0.05) is 57.6 Å². The first kappa shape index (κ1) is 26.6. The summed E-state index contributed by atoms with van der Waals surface area (Å²) in [7, 11) is 0. The Kier molecular flexibility index (Phi) is 9.34. The first-order valence-corrected chi connectivity index (χ1v) is 13.3. The van der Waals surface area contributed by atoms with Crippen molar-refractivity contribution in [3.8, 4) is 11.5 Å². The van der Waals surface area contributed by atoms with Crippen LogP contribution in [0.25, 0.3) is 10.2 Å². The number of carbonyl (C=O) groups is 1. The molecule has 36 heavy (non-hydrogen) atoms. The second-order valence-corrected chi connectivity index (χ2v) is 10.2. The molecule has 0 N–H and O–H groups in total. The lowest BCUT2D eigenvalue weighted by atomic mass is 10.1. The standard InChI is InChI=1S/C27H26BrN3O3S.ClH/c28-20-11-12-23-25(19-20)35-27(29-23)31(14-6-13-30-15-17-33-18-16-30)26(32)22-9-4-5-10-24(22)34-21-7-2-1-3-8-21;/h1-5,7-12,19H,6,13-18H2;1H. The van der Waals surface area contributed by atoms with Gasteiger partial charge in [0.15, 0.2) is 5.13 Å². The third-order valence-corrected chi connectivity index (χ3v) is 7.40. The smallest absolute Gasteiger partial charge is 0.263 e. The molecule has 0 atom stereocenters. The zero-order valence-electron chi connectivity index (χ0n) is 19.6. The van der Waals surface area contributed by atoms with Gasteiger partial charge in [-0.2, -0.15) is 0 Å². The van der Waals surface area contributed by atoms with Gasteiger partial charge in [0.25, 0.3) is 5.91 Å². The molecular weight excluding hydrogens is 562 g/mol. The molecule has 5 rings (SSSR count). The SMILES string of the molecule is Cl.O=C(c1ccccc1Oc1ccccc1)N(CCCN1CCOCC1)c1nc2ccc(Br)cc2s1. The number of carbonyl (C=O) groups excluding carboxylic acids is 1. The fraction of sp³-hybridized carbons (Fsp3) is 0.259. The van der Waals surface area contributed by atoms with Crippen LogP contribution in [-0.2, 0) is 4.74 Å². The van der Waals surface area contributed by atoms with E-state index in [4.69, 9.17) is 14.5 Å². The number of hydrogen-bond donors (Lipinski definition) is 0. The molecule has 1 saturated heterocycles. The average molecular weight is 589 g/mol. The number of hydrogen-bond acceptors (Lipinski definition) is 6. The van der Waals surface area contributed by atoms with Crippen LogP contribution in [0.3, 0.4) is 0 Å². The van der Waals surface area contributed by atoms with Crippen LogP contribution in [0.15, 0.2) is 77.3 Å². The molecule has 9 heteroatoms. The largest absolute Gasteiger partial charge is 0.457 e. The summed E-state index contributed by atoms with van der Waals surface area (Å²) in [4.78, 5) is 22.9. The van der Waals surface area contributed by atoms with E-state index in [1.54, 1.807) is 4.90 Å². The van der Waals surface area contributed by atoms with Crippen molar-refractivity contribution >= 4 is 60.9 Å². The summed E-state index contributed by atoms with van der Waals surface area (Å²) >= 11 is 5.07. The van der Waals surface area contributed by atoms with Crippen LogP contribution in [0.1, 0.15) is 16.8 Å². The van der Waals surface area contributed by atoms with Crippen LogP contribution in [0.2, 0.25) is 0 Å². The molecule has 3 aromatic carbocycles. The number of anilines is 1. The minimum atomic E-state index is -0.114. The van der Waals surface area contributed by atoms with Crippen LogP contribution in [0.5, 0.6) is 11.5 Å². The minimum Gasteiger partial charge on any atom is -0.457 e. The zero-order chi connectivity index (χ0) is 24.0. The summed E-state index contributed by atoms with van der Waals surface area (Å²) in [6.45, 7) is 4.86. The van der Waals surface area contributed by atoms with Crippen molar-refractivity contribution in [3.63, 3.8) is 0 Å². The number of rotatable bonds is 8. The average Bonchev–Trinajstić information content (AvgIpc) is 3.30. The topological polar surface area (TPSA) is 54.9 Å². The molecule has 1 amide bonds. The van der Waals surface area contributed by atoms with E-state index in [9.17, 15) is 4.79 Å². The van der Waals surface area contributed by atoms with Gasteiger partial charge < -0.3 is 9.47 Å². The third-order valence-electron chi connectivity index (χ3n) is 5.86. The molecule has 0 saturated carbocycles. The van der Waals surface area contributed by atoms with Crippen LogP contribution in [0.4, 0.5) is 5.13 Å². The molecule has 4 aromatic rings. The highest BCUT2D eigenvalue weighted by Gasteiger charge is 2.24. The van der Waals surface area contributed by atoms with Crippen molar-refractivity contribution in [2.45, 2.75) is 6.42 Å². The van der Waals surface area contributed by atoms with E-state index < -0.39 is 0 Å². The number of fused-ring (bicyclic) bond motifs is 1. The second-order valence-electron chi connectivity index (χ2n) is 8.28. The zero-order valence-corrected chi connectivity index (χ0v) is 22.9. The first-order chi connectivity index (χ1) is 17.2. The number of benzene rings is 3. The maximum atomic E-state index is 14.0. The lowest BCUT2D eigenvalue weighted by molar-refractivity contribution is 0.0376. The molecule has 0 radical (unpaired) electrons. The molecule has 6 nitrogen and oxygen atoms in total. The number of halogens is 2. The van der Waals surface area contributed by atoms with Crippen LogP contribution >= 0.6 is 39.7 Å². The molecule has 2 heterocycles. The monoisotopic (exact) mass is 587 g/mol. The highest BCUT2D eigenvalue weighted by Crippen LogP contribution is 2.33. The molecule has 1 aliphatic rings. The predicted molar refractivity (Wildman–Crippen MR) is 151 cm³/mol. The van der Waals surface area contributed by atoms with Crippen molar-refractivity contribution in [1.29, 1.82) is 0 Å². The number of nitrogens with zero attached hydrogens (tertiary/aromatic N) is 3. The summed E-state index contributed by atoms with van der Waals surface area (Å²) in [5.74, 6) is 1.11. The van der Waals surface area contributed by atoms with Crippen LogP contribution in [-0.4, -0.2) is 55.2 Å². The van der Waals surface area contributed by atoms with Gasteiger partial charge in [0.1, 0.15) is 11.5 Å². The molecular formula is C27H27BrClN3O3S. The molecule has 0 bridgehead atoms. The minimum absolute atomic E-state index is 0. The Labute approximate surface area is 229 Å². The Balaban J connectivity index is 0.00000304. The first-order valence-electron chi connectivity index (χ1n) is 11.7. The Bertz CT molecular complexity index is 1300. The van der Waals surface area contributed by atoms with E-state index in [0.717, 1.165) is 54.0 Å². The van der Waals surface area contributed by atoms with Gasteiger partial charge in [-0.25, -0.2) is 4.98 Å². The second kappa shape index (κ2) is 12.7. The van der Waals surface area contributed by atoms with E-state index >= 15 is 0 Å². The van der Waals surface area contributed by atoms with Crippen molar-refractivity contribution < 1.29 is 14.3 Å². The Morgan fingerprint density at radius 2 is 1.81 bits per heavy atom. The Morgan fingerprint density at radius 3 is 2.61 bits per heavy atom. The summed E-state index contributed by atoms with van der Waals surface area (Å²) in [6, 6.07) is 22.9. The Morgan fingerprint density at radius 1 is 1.06 bits per heavy atom. The molecule has 188 valence electrons. The maximum absolute atomic E-state index is 14.0. The van der Waals surface area contributed by atoms with E-state index in [0.29, 0.717) is 28.7 Å². The van der Waals surface area contributed by atoms with Crippen molar-refractivity contribution in [2.75, 3.05) is 44.3 Å². The molecule has 1 aliphatic heterocycles. The molecule has 0 unspecified atom stereocenters. The number of ether oxygens (including phenoxy) is 2. The number of morpholine rings is 1. The van der Waals surface area contributed by atoms with Gasteiger partial charge in [0, 0.05) is 30.7 Å². The van der Waals surface area contributed by atoms with E-state index in [1.165, 1.54) is 11.3 Å². The highest BCUT2D eigenvalue weighted by molar-refractivity contribution is 9.10. The maximum Gasteiger partial charge on any atom is 0.263 e. The summed E-state index contributed by atoms with van der Waals surface area (Å²) in [5.41, 5.74) is 1.40. The normalized spacial score (nSPS) is 13.8. The lowest BCUT2D eigenvalue weighted by Gasteiger charge is -2.28. The summed E-state index contributed by atoms with van der Waals surface area (Å²) in [5, 5.41) is 0.694. The molecule has 1 aromatic heterocycles. The Hall–Kier alpha value is -2.49. The molecule has 0 aliphatic carbocycles. The number of amides is 1. The van der Waals surface area contributed by atoms with Gasteiger partial charge in [0.05, 0.1) is 29.0 Å². The van der Waals surface area contributed by atoms with Crippen molar-refractivity contribution in [2.24, 2.45) is 0 Å². The number of para-hydroxylation sites is 2. The van der Waals surface area contributed by atoms with Gasteiger partial charge in [0.2, 0.25) is 0 Å².